The molecule has 0 aliphatic heterocycles. The van der Waals surface area contributed by atoms with E-state index in [1.54, 1.807) is 12.0 Å². The zero-order valence-electron chi connectivity index (χ0n) is 14.9. The van der Waals surface area contributed by atoms with Gasteiger partial charge in [0.2, 0.25) is 11.9 Å². The van der Waals surface area contributed by atoms with E-state index in [4.69, 9.17) is 10.5 Å². The molecule has 26 heavy (non-hydrogen) atoms. The van der Waals surface area contributed by atoms with Gasteiger partial charge in [-0.15, -0.1) is 0 Å². The minimum atomic E-state index is -0.124. The van der Waals surface area contributed by atoms with E-state index in [0.717, 1.165) is 16.3 Å². The smallest absolute Gasteiger partial charge is 0.245 e. The van der Waals surface area contributed by atoms with Crippen LogP contribution in [0.5, 0.6) is 0 Å². The van der Waals surface area contributed by atoms with E-state index in [-0.39, 0.29) is 24.4 Å². The number of benzene rings is 2. The molecule has 3 rings (SSSR count). The predicted molar refractivity (Wildman–Crippen MR) is 98.1 cm³/mol. The minimum absolute atomic E-state index is 0.0162. The summed E-state index contributed by atoms with van der Waals surface area (Å²) < 4.78 is 6.54. The number of fused-ring (bicyclic) bond motifs is 1. The highest BCUT2D eigenvalue weighted by atomic mass is 16.5. The molecular weight excluding hydrogens is 332 g/mol. The molecule has 0 bridgehead atoms. The Morgan fingerprint density at radius 2 is 2.04 bits per heavy atom. The maximum atomic E-state index is 12.9. The number of hydrogen-bond acceptors (Lipinski definition) is 6. The molecule has 8 nitrogen and oxygen atoms in total. The Morgan fingerprint density at radius 3 is 2.77 bits per heavy atom. The van der Waals surface area contributed by atoms with Gasteiger partial charge in [0.15, 0.2) is 0 Å². The Hall–Kier alpha value is -3.00. The molecule has 3 aromatic rings. The molecule has 8 heteroatoms. The number of aromatic nitrogens is 4. The highest BCUT2D eigenvalue weighted by Gasteiger charge is 2.22. The van der Waals surface area contributed by atoms with Gasteiger partial charge in [0.25, 0.3) is 0 Å². The summed E-state index contributed by atoms with van der Waals surface area (Å²) in [4.78, 5) is 14.7. The van der Waals surface area contributed by atoms with E-state index < -0.39 is 0 Å². The number of methoxy groups -OCH3 is 1. The summed E-state index contributed by atoms with van der Waals surface area (Å²) in [5.41, 5.74) is 6.76. The molecule has 0 aliphatic carbocycles. The Kier molecular flexibility index (Phi) is 5.43. The molecule has 0 radical (unpaired) electrons. The molecule has 0 aliphatic rings. The fourth-order valence-electron chi connectivity index (χ4n) is 2.98. The highest BCUT2D eigenvalue weighted by Crippen LogP contribution is 2.21. The number of tetrazole rings is 1. The summed E-state index contributed by atoms with van der Waals surface area (Å²) in [6.07, 6.45) is 0. The van der Waals surface area contributed by atoms with Gasteiger partial charge >= 0.3 is 0 Å². The summed E-state index contributed by atoms with van der Waals surface area (Å²) in [6.45, 7) is 2.83. The van der Waals surface area contributed by atoms with E-state index in [0.29, 0.717) is 13.2 Å². The second-order valence-electron chi connectivity index (χ2n) is 6.16. The minimum Gasteiger partial charge on any atom is -0.383 e. The lowest BCUT2D eigenvalue weighted by Crippen LogP contribution is -2.42. The van der Waals surface area contributed by atoms with Gasteiger partial charge in [-0.05, 0) is 33.7 Å². The van der Waals surface area contributed by atoms with Crippen LogP contribution in [0, 0.1) is 0 Å². The van der Waals surface area contributed by atoms with Crippen LogP contribution in [0.25, 0.3) is 10.8 Å². The lowest BCUT2D eigenvalue weighted by molar-refractivity contribution is -0.135. The Labute approximate surface area is 151 Å². The number of amides is 1. The first-order valence-corrected chi connectivity index (χ1v) is 8.37. The molecular formula is C18H22N6O2. The summed E-state index contributed by atoms with van der Waals surface area (Å²) in [6, 6.07) is 14.1. The Balaban J connectivity index is 1.88. The zero-order chi connectivity index (χ0) is 18.5. The SMILES string of the molecule is COCC(C)N(Cc1cccc2ccccc12)C(=O)Cn1nnnc1N. The standard InChI is InChI=1S/C18H22N6O2/c1-13(12-26-2)23(17(25)11-24-18(19)20-21-22-24)10-15-8-5-7-14-6-3-4-9-16(14)15/h3-9,13H,10-12H2,1-2H3,(H2,19,20,22). The van der Waals surface area contributed by atoms with E-state index in [1.165, 1.54) is 4.68 Å². The molecule has 0 saturated carbocycles. The normalized spacial score (nSPS) is 12.2. The Bertz CT molecular complexity index is 889. The first kappa shape index (κ1) is 17.8. The second-order valence-corrected chi connectivity index (χ2v) is 6.16. The van der Waals surface area contributed by atoms with Crippen molar-refractivity contribution in [3.05, 3.63) is 48.0 Å². The summed E-state index contributed by atoms with van der Waals surface area (Å²) in [5.74, 6) is -0.00987. The molecule has 1 atom stereocenters. The lowest BCUT2D eigenvalue weighted by atomic mass is 10.0. The molecule has 1 amide bonds. The van der Waals surface area contributed by atoms with Gasteiger partial charge in [0.1, 0.15) is 6.54 Å². The van der Waals surface area contributed by atoms with Crippen LogP contribution in [0.3, 0.4) is 0 Å². The van der Waals surface area contributed by atoms with Crippen LogP contribution in [0.1, 0.15) is 12.5 Å². The van der Waals surface area contributed by atoms with Gasteiger partial charge < -0.3 is 15.4 Å². The summed E-state index contributed by atoms with van der Waals surface area (Å²) in [7, 11) is 1.62. The fraction of sp³-hybridized carbons (Fsp3) is 0.333. The van der Waals surface area contributed by atoms with Gasteiger partial charge in [-0.3, -0.25) is 4.79 Å². The molecule has 1 aromatic heterocycles. The third kappa shape index (κ3) is 3.80. The molecule has 2 N–H and O–H groups in total. The number of nitrogens with two attached hydrogens (primary N) is 1. The van der Waals surface area contributed by atoms with Crippen molar-refractivity contribution in [3.8, 4) is 0 Å². The molecule has 1 unspecified atom stereocenters. The van der Waals surface area contributed by atoms with Crippen molar-refractivity contribution in [1.82, 2.24) is 25.1 Å². The molecule has 0 fully saturated rings. The third-order valence-electron chi connectivity index (χ3n) is 4.33. The quantitative estimate of drug-likeness (QED) is 0.690. The molecule has 0 saturated heterocycles. The number of nitrogen functional groups attached to an aromatic ring is 1. The largest absolute Gasteiger partial charge is 0.383 e. The van der Waals surface area contributed by atoms with Crippen LogP contribution in [0.4, 0.5) is 5.95 Å². The van der Waals surface area contributed by atoms with E-state index >= 15 is 0 Å². The number of ether oxygens (including phenoxy) is 1. The van der Waals surface area contributed by atoms with Crippen molar-refractivity contribution in [2.45, 2.75) is 26.1 Å². The maximum absolute atomic E-state index is 12.9. The van der Waals surface area contributed by atoms with E-state index in [2.05, 4.69) is 33.7 Å². The van der Waals surface area contributed by atoms with Crippen molar-refractivity contribution in [2.24, 2.45) is 0 Å². The number of rotatable bonds is 7. The molecule has 1 heterocycles. The first-order chi connectivity index (χ1) is 12.6. The van der Waals surface area contributed by atoms with Crippen LogP contribution in [0.2, 0.25) is 0 Å². The van der Waals surface area contributed by atoms with Gasteiger partial charge in [0, 0.05) is 13.7 Å². The zero-order valence-corrected chi connectivity index (χ0v) is 14.9. The van der Waals surface area contributed by atoms with Gasteiger partial charge in [-0.1, -0.05) is 47.6 Å². The second kappa shape index (κ2) is 7.92. The van der Waals surface area contributed by atoms with Crippen molar-refractivity contribution < 1.29 is 9.53 Å². The fourth-order valence-corrected chi connectivity index (χ4v) is 2.98. The van der Waals surface area contributed by atoms with Gasteiger partial charge in [-0.25, -0.2) is 4.68 Å². The van der Waals surface area contributed by atoms with Crippen molar-refractivity contribution in [1.29, 1.82) is 0 Å². The van der Waals surface area contributed by atoms with Crippen molar-refractivity contribution in [3.63, 3.8) is 0 Å². The average Bonchev–Trinajstić information content (AvgIpc) is 3.04. The monoisotopic (exact) mass is 354 g/mol. The van der Waals surface area contributed by atoms with Crippen LogP contribution in [-0.2, 0) is 22.6 Å². The summed E-state index contributed by atoms with van der Waals surface area (Å²) in [5, 5.41) is 13.1. The Morgan fingerprint density at radius 1 is 1.27 bits per heavy atom. The molecule has 2 aromatic carbocycles. The third-order valence-corrected chi connectivity index (χ3v) is 4.33. The molecule has 136 valence electrons. The number of anilines is 1. The first-order valence-electron chi connectivity index (χ1n) is 8.37. The van der Waals surface area contributed by atoms with E-state index in [1.807, 2.05) is 31.2 Å². The number of hydrogen-bond donors (Lipinski definition) is 1. The van der Waals surface area contributed by atoms with Crippen LogP contribution in [0.15, 0.2) is 42.5 Å². The van der Waals surface area contributed by atoms with Gasteiger partial charge in [-0.2, -0.15) is 0 Å². The lowest BCUT2D eigenvalue weighted by Gasteiger charge is -2.29. The van der Waals surface area contributed by atoms with Crippen LogP contribution < -0.4 is 5.73 Å². The topological polar surface area (TPSA) is 99.2 Å². The van der Waals surface area contributed by atoms with Crippen molar-refractivity contribution >= 4 is 22.6 Å². The van der Waals surface area contributed by atoms with Crippen LogP contribution >= 0.6 is 0 Å². The van der Waals surface area contributed by atoms with Gasteiger partial charge in [0.05, 0.1) is 12.6 Å². The van der Waals surface area contributed by atoms with Crippen molar-refractivity contribution in [2.75, 3.05) is 19.5 Å². The highest BCUT2D eigenvalue weighted by molar-refractivity contribution is 5.86. The number of carbonyl (C=O) groups excluding carboxylic acids is 1. The number of carbonyl (C=O) groups is 1. The number of nitrogens with zero attached hydrogens (tertiary/aromatic N) is 5. The molecule has 0 spiro atoms. The maximum Gasteiger partial charge on any atom is 0.245 e. The van der Waals surface area contributed by atoms with E-state index in [9.17, 15) is 4.79 Å². The predicted octanol–water partition coefficient (Wildman–Crippen LogP) is 1.47. The summed E-state index contributed by atoms with van der Waals surface area (Å²) >= 11 is 0. The van der Waals surface area contributed by atoms with Crippen LogP contribution in [-0.4, -0.2) is 50.8 Å². The average molecular weight is 354 g/mol.